The Kier molecular flexibility index (Phi) is 4.38. The highest BCUT2D eigenvalue weighted by Crippen LogP contribution is 2.34. The molecular formula is C18H23N5O. The van der Waals surface area contributed by atoms with Crippen molar-refractivity contribution in [2.45, 2.75) is 57.1 Å². The average molecular weight is 325 g/mol. The molecule has 0 bridgehead atoms. The van der Waals surface area contributed by atoms with Crippen LogP contribution in [0.4, 0.5) is 5.95 Å². The van der Waals surface area contributed by atoms with E-state index in [1.807, 2.05) is 12.3 Å². The lowest BCUT2D eigenvalue weighted by molar-refractivity contribution is 0.126. The van der Waals surface area contributed by atoms with Crippen molar-refractivity contribution in [3.8, 4) is 11.3 Å². The van der Waals surface area contributed by atoms with E-state index in [4.69, 9.17) is 0 Å². The minimum absolute atomic E-state index is 0.151. The molecule has 0 aromatic carbocycles. The summed E-state index contributed by atoms with van der Waals surface area (Å²) in [6, 6.07) is 2.26. The van der Waals surface area contributed by atoms with E-state index in [1.54, 1.807) is 12.5 Å². The number of aliphatic hydroxyl groups is 1. The lowest BCUT2D eigenvalue weighted by Crippen LogP contribution is -2.28. The number of anilines is 1. The molecule has 2 aliphatic rings. The van der Waals surface area contributed by atoms with Gasteiger partial charge in [0.1, 0.15) is 6.33 Å². The second-order valence-electron chi connectivity index (χ2n) is 6.95. The molecule has 0 atom stereocenters. The van der Waals surface area contributed by atoms with Crippen LogP contribution in [-0.2, 0) is 6.42 Å². The summed E-state index contributed by atoms with van der Waals surface area (Å²) in [5.41, 5.74) is 2.96. The maximum absolute atomic E-state index is 9.62. The molecule has 0 saturated heterocycles. The van der Waals surface area contributed by atoms with Gasteiger partial charge in [-0.15, -0.1) is 0 Å². The van der Waals surface area contributed by atoms with Gasteiger partial charge in [0.05, 0.1) is 17.5 Å². The molecule has 2 saturated carbocycles. The van der Waals surface area contributed by atoms with Crippen LogP contribution in [0, 0.1) is 5.92 Å². The van der Waals surface area contributed by atoms with Crippen LogP contribution < -0.4 is 5.32 Å². The molecule has 0 amide bonds. The molecule has 2 aliphatic carbocycles. The Hall–Kier alpha value is -2.08. The van der Waals surface area contributed by atoms with E-state index in [0.29, 0.717) is 12.0 Å². The summed E-state index contributed by atoms with van der Waals surface area (Å²) in [5.74, 6) is 1.42. The zero-order valence-corrected chi connectivity index (χ0v) is 13.7. The van der Waals surface area contributed by atoms with Crippen LogP contribution in [0.3, 0.4) is 0 Å². The zero-order valence-electron chi connectivity index (χ0n) is 13.7. The highest BCUT2D eigenvalue weighted by atomic mass is 16.3. The first kappa shape index (κ1) is 15.4. The minimum Gasteiger partial charge on any atom is -0.393 e. The largest absolute Gasteiger partial charge is 0.393 e. The van der Waals surface area contributed by atoms with Crippen molar-refractivity contribution in [3.05, 3.63) is 30.5 Å². The summed E-state index contributed by atoms with van der Waals surface area (Å²) in [4.78, 5) is 17.7. The number of aromatic nitrogens is 4. The lowest BCUT2D eigenvalue weighted by Gasteiger charge is -2.26. The molecule has 0 aliphatic heterocycles. The van der Waals surface area contributed by atoms with Crippen LogP contribution in [0.25, 0.3) is 11.3 Å². The van der Waals surface area contributed by atoms with Crippen LogP contribution in [0.2, 0.25) is 0 Å². The normalized spacial score (nSPS) is 23.9. The summed E-state index contributed by atoms with van der Waals surface area (Å²) in [6.07, 6.45) is 12.3. The minimum atomic E-state index is -0.151. The Bertz CT molecular complexity index is 695. The quantitative estimate of drug-likeness (QED) is 0.879. The topological polar surface area (TPSA) is 83.8 Å². The van der Waals surface area contributed by atoms with Gasteiger partial charge in [-0.2, -0.15) is 0 Å². The van der Waals surface area contributed by atoms with Crippen LogP contribution in [-0.4, -0.2) is 37.2 Å². The number of hydrogen-bond donors (Lipinski definition) is 2. The molecule has 2 fully saturated rings. The van der Waals surface area contributed by atoms with Crippen LogP contribution in [0.5, 0.6) is 0 Å². The fraction of sp³-hybridized carbons (Fsp3) is 0.556. The highest BCUT2D eigenvalue weighted by Gasteiger charge is 2.24. The Balaban J connectivity index is 1.52. The highest BCUT2D eigenvalue weighted by molar-refractivity contribution is 5.61. The van der Waals surface area contributed by atoms with Gasteiger partial charge >= 0.3 is 0 Å². The maximum atomic E-state index is 9.62. The van der Waals surface area contributed by atoms with E-state index in [-0.39, 0.29) is 6.10 Å². The molecule has 24 heavy (non-hydrogen) atoms. The number of nitrogens with one attached hydrogen (secondary N) is 1. The Morgan fingerprint density at radius 1 is 1.08 bits per heavy atom. The SMILES string of the molecule is O[C@H]1CC[C@H](Nc2nccc(-c3cncnc3CC3CC3)n2)CC1. The van der Waals surface area contributed by atoms with E-state index in [0.717, 1.165) is 55.0 Å². The second kappa shape index (κ2) is 6.81. The molecule has 4 rings (SSSR count). The molecule has 6 nitrogen and oxygen atoms in total. The van der Waals surface area contributed by atoms with E-state index in [9.17, 15) is 5.11 Å². The summed E-state index contributed by atoms with van der Waals surface area (Å²) in [7, 11) is 0. The van der Waals surface area contributed by atoms with Gasteiger partial charge in [0.15, 0.2) is 0 Å². The monoisotopic (exact) mass is 325 g/mol. The molecule has 0 radical (unpaired) electrons. The number of aliphatic hydroxyl groups excluding tert-OH is 1. The third-order valence-corrected chi connectivity index (χ3v) is 4.94. The van der Waals surface area contributed by atoms with Crippen molar-refractivity contribution in [1.29, 1.82) is 0 Å². The van der Waals surface area contributed by atoms with Gasteiger partial charge in [-0.05, 0) is 56.9 Å². The van der Waals surface area contributed by atoms with Crippen LogP contribution in [0.15, 0.2) is 24.8 Å². The van der Waals surface area contributed by atoms with Gasteiger partial charge < -0.3 is 10.4 Å². The number of rotatable bonds is 5. The zero-order chi connectivity index (χ0) is 16.4. The van der Waals surface area contributed by atoms with Crippen molar-refractivity contribution >= 4 is 5.95 Å². The van der Waals surface area contributed by atoms with E-state index in [1.165, 1.54) is 12.8 Å². The van der Waals surface area contributed by atoms with Gasteiger partial charge in [-0.1, -0.05) is 0 Å². The van der Waals surface area contributed by atoms with Gasteiger partial charge in [0, 0.05) is 24.0 Å². The van der Waals surface area contributed by atoms with Crippen molar-refractivity contribution in [3.63, 3.8) is 0 Å². The standard InChI is InChI=1S/C18H23N5O/c24-14-5-3-13(4-6-14)22-18-20-8-7-16(23-18)15-10-19-11-21-17(15)9-12-1-2-12/h7-8,10-14,24H,1-6,9H2,(H,20,22,23)/t13-,14-. The van der Waals surface area contributed by atoms with Crippen molar-refractivity contribution in [2.75, 3.05) is 5.32 Å². The Labute approximate surface area is 141 Å². The summed E-state index contributed by atoms with van der Waals surface area (Å²) in [5, 5.41) is 13.0. The first-order valence-electron chi connectivity index (χ1n) is 8.85. The molecular weight excluding hydrogens is 302 g/mol. The van der Waals surface area contributed by atoms with Crippen LogP contribution in [0.1, 0.15) is 44.2 Å². The average Bonchev–Trinajstić information content (AvgIpc) is 3.42. The summed E-state index contributed by atoms with van der Waals surface area (Å²) in [6.45, 7) is 0. The van der Waals surface area contributed by atoms with Gasteiger partial charge in [-0.3, -0.25) is 0 Å². The lowest BCUT2D eigenvalue weighted by atomic mass is 9.93. The van der Waals surface area contributed by atoms with Gasteiger partial charge in [0.2, 0.25) is 5.95 Å². The smallest absolute Gasteiger partial charge is 0.223 e. The maximum Gasteiger partial charge on any atom is 0.223 e. The van der Waals surface area contributed by atoms with Crippen molar-refractivity contribution in [1.82, 2.24) is 19.9 Å². The molecule has 2 N–H and O–H groups in total. The Morgan fingerprint density at radius 2 is 1.92 bits per heavy atom. The summed E-state index contributed by atoms with van der Waals surface area (Å²) < 4.78 is 0. The van der Waals surface area contributed by atoms with E-state index in [2.05, 4.69) is 25.3 Å². The predicted octanol–water partition coefficient (Wildman–Crippen LogP) is 2.60. The van der Waals surface area contributed by atoms with Gasteiger partial charge in [0.25, 0.3) is 0 Å². The molecule has 0 spiro atoms. The first-order valence-corrected chi connectivity index (χ1v) is 8.85. The third kappa shape index (κ3) is 3.70. The third-order valence-electron chi connectivity index (χ3n) is 4.94. The molecule has 126 valence electrons. The molecule has 2 aromatic rings. The molecule has 6 heteroatoms. The van der Waals surface area contributed by atoms with Crippen LogP contribution >= 0.6 is 0 Å². The van der Waals surface area contributed by atoms with Crippen molar-refractivity contribution < 1.29 is 5.11 Å². The molecule has 2 aromatic heterocycles. The molecule has 0 unspecified atom stereocenters. The second-order valence-corrected chi connectivity index (χ2v) is 6.95. The first-order chi connectivity index (χ1) is 11.8. The molecule has 2 heterocycles. The fourth-order valence-electron chi connectivity index (χ4n) is 3.31. The fourth-order valence-corrected chi connectivity index (χ4v) is 3.31. The number of nitrogens with zero attached hydrogens (tertiary/aromatic N) is 4. The Morgan fingerprint density at radius 3 is 2.71 bits per heavy atom. The summed E-state index contributed by atoms with van der Waals surface area (Å²) >= 11 is 0. The van der Waals surface area contributed by atoms with Crippen molar-refractivity contribution in [2.24, 2.45) is 5.92 Å². The number of hydrogen-bond acceptors (Lipinski definition) is 6. The predicted molar refractivity (Wildman–Crippen MR) is 91.4 cm³/mol. The van der Waals surface area contributed by atoms with E-state index >= 15 is 0 Å². The van der Waals surface area contributed by atoms with E-state index < -0.39 is 0 Å². The van der Waals surface area contributed by atoms with Gasteiger partial charge in [-0.25, -0.2) is 19.9 Å².